The van der Waals surface area contributed by atoms with E-state index in [1.807, 2.05) is 11.8 Å². The minimum Gasteiger partial charge on any atom is -0.339 e. The van der Waals surface area contributed by atoms with Crippen molar-refractivity contribution in [2.24, 2.45) is 0 Å². The fourth-order valence-electron chi connectivity index (χ4n) is 4.17. The Kier molecular flexibility index (Phi) is 8.17. The van der Waals surface area contributed by atoms with Crippen molar-refractivity contribution in [2.45, 2.75) is 67.2 Å². The average Bonchev–Trinajstić information content (AvgIpc) is 2.79. The maximum absolute atomic E-state index is 12.9. The number of hydrogen-bond donors (Lipinski definition) is 0. The van der Waals surface area contributed by atoms with Crippen LogP contribution in [0.25, 0.3) is 0 Å². The van der Waals surface area contributed by atoms with Gasteiger partial charge in [-0.15, -0.1) is 0 Å². The number of sulfonamides is 1. The zero-order valence-corrected chi connectivity index (χ0v) is 19.9. The number of piperazine rings is 1. The molecule has 0 radical (unpaired) electrons. The van der Waals surface area contributed by atoms with E-state index in [2.05, 4.69) is 16.8 Å². The molecule has 2 aliphatic rings. The van der Waals surface area contributed by atoms with E-state index in [0.717, 1.165) is 58.4 Å². The van der Waals surface area contributed by atoms with E-state index in [1.165, 1.54) is 28.7 Å². The van der Waals surface area contributed by atoms with Gasteiger partial charge in [0.25, 0.3) is 0 Å². The number of aromatic nitrogens is 1. The monoisotopic (exact) mass is 454 g/mol. The van der Waals surface area contributed by atoms with Crippen molar-refractivity contribution in [3.05, 3.63) is 18.3 Å². The summed E-state index contributed by atoms with van der Waals surface area (Å²) in [7, 11) is -1.87. The van der Waals surface area contributed by atoms with Gasteiger partial charge >= 0.3 is 0 Å². The Bertz CT molecular complexity index is 802. The summed E-state index contributed by atoms with van der Waals surface area (Å²) in [4.78, 5) is 21.6. The maximum Gasteiger partial charge on any atom is 0.244 e. The highest BCUT2D eigenvalue weighted by molar-refractivity contribution is 8.00. The van der Waals surface area contributed by atoms with Gasteiger partial charge in [0, 0.05) is 45.5 Å². The number of rotatable bonds is 7. The SMILES string of the molecule is CCN1CCN(C(=O)C(C)Sc2ccc(S(=O)(=O)N(C)C3CCCCC3)cn2)CC1. The van der Waals surface area contributed by atoms with Gasteiger partial charge in [-0.25, -0.2) is 13.4 Å². The van der Waals surface area contributed by atoms with Crippen LogP contribution >= 0.6 is 11.8 Å². The number of nitrogens with zero attached hydrogens (tertiary/aromatic N) is 4. The van der Waals surface area contributed by atoms with Crippen LogP contribution < -0.4 is 0 Å². The third-order valence-corrected chi connectivity index (χ3v) is 9.18. The highest BCUT2D eigenvalue weighted by Crippen LogP contribution is 2.28. The molecule has 3 rings (SSSR count). The van der Waals surface area contributed by atoms with Crippen molar-refractivity contribution in [1.82, 2.24) is 19.1 Å². The minimum atomic E-state index is -3.54. The Balaban J connectivity index is 1.59. The molecule has 1 unspecified atom stereocenters. The molecule has 1 saturated carbocycles. The zero-order valence-electron chi connectivity index (χ0n) is 18.3. The number of hydrogen-bond acceptors (Lipinski definition) is 6. The zero-order chi connectivity index (χ0) is 21.7. The molecule has 2 fully saturated rings. The maximum atomic E-state index is 12.9. The topological polar surface area (TPSA) is 73.8 Å². The Hall–Kier alpha value is -1.16. The fourth-order valence-corrected chi connectivity index (χ4v) is 6.40. The van der Waals surface area contributed by atoms with Crippen molar-refractivity contribution in [3.8, 4) is 0 Å². The lowest BCUT2D eigenvalue weighted by Crippen LogP contribution is -2.50. The molecule has 0 spiro atoms. The van der Waals surface area contributed by atoms with Gasteiger partial charge < -0.3 is 9.80 Å². The number of likely N-dealkylation sites (N-methyl/N-ethyl adjacent to an activating group) is 1. The molecule has 1 aliphatic heterocycles. The molecular formula is C21H34N4O3S2. The number of pyridine rings is 1. The summed E-state index contributed by atoms with van der Waals surface area (Å²) in [5, 5.41) is 0.417. The first kappa shape index (κ1) is 23.5. The molecule has 1 atom stereocenters. The lowest BCUT2D eigenvalue weighted by atomic mass is 9.96. The summed E-state index contributed by atoms with van der Waals surface area (Å²) in [6.07, 6.45) is 6.61. The molecule has 0 aromatic carbocycles. The third-order valence-electron chi connectivity index (χ3n) is 6.25. The predicted molar refractivity (Wildman–Crippen MR) is 120 cm³/mol. The second-order valence-corrected chi connectivity index (χ2v) is 11.5. The number of thioether (sulfide) groups is 1. The molecule has 7 nitrogen and oxygen atoms in total. The fraction of sp³-hybridized carbons (Fsp3) is 0.714. The molecular weight excluding hydrogens is 420 g/mol. The molecule has 1 aromatic rings. The predicted octanol–water partition coefficient (Wildman–Crippen LogP) is 2.68. The van der Waals surface area contributed by atoms with E-state index >= 15 is 0 Å². The summed E-state index contributed by atoms with van der Waals surface area (Å²) < 4.78 is 27.4. The van der Waals surface area contributed by atoms with Crippen molar-refractivity contribution >= 4 is 27.7 Å². The van der Waals surface area contributed by atoms with Gasteiger partial charge in [0.1, 0.15) is 4.90 Å². The quantitative estimate of drug-likeness (QED) is 0.590. The van der Waals surface area contributed by atoms with Crippen LogP contribution in [0, 0.1) is 0 Å². The van der Waals surface area contributed by atoms with Crippen molar-refractivity contribution in [2.75, 3.05) is 39.8 Å². The highest BCUT2D eigenvalue weighted by atomic mass is 32.2. The molecule has 1 saturated heterocycles. The molecule has 1 amide bonds. The largest absolute Gasteiger partial charge is 0.339 e. The average molecular weight is 455 g/mol. The van der Waals surface area contributed by atoms with Crippen LogP contribution in [0.3, 0.4) is 0 Å². The normalized spacial score (nSPS) is 20.5. The first-order valence-electron chi connectivity index (χ1n) is 10.9. The van der Waals surface area contributed by atoms with Crippen LogP contribution in [0.1, 0.15) is 46.0 Å². The molecule has 30 heavy (non-hydrogen) atoms. The Morgan fingerprint density at radius 1 is 1.20 bits per heavy atom. The van der Waals surface area contributed by atoms with Gasteiger partial charge in [0.05, 0.1) is 10.3 Å². The van der Waals surface area contributed by atoms with Crippen LogP contribution in [-0.2, 0) is 14.8 Å². The van der Waals surface area contributed by atoms with Crippen LogP contribution in [0.2, 0.25) is 0 Å². The van der Waals surface area contributed by atoms with Gasteiger partial charge in [-0.3, -0.25) is 4.79 Å². The Labute approximate surface area is 185 Å². The van der Waals surface area contributed by atoms with E-state index in [9.17, 15) is 13.2 Å². The highest BCUT2D eigenvalue weighted by Gasteiger charge is 2.30. The summed E-state index contributed by atoms with van der Waals surface area (Å²) in [6.45, 7) is 8.39. The third kappa shape index (κ3) is 5.55. The first-order valence-corrected chi connectivity index (χ1v) is 13.3. The number of carbonyl (C=O) groups is 1. The van der Waals surface area contributed by atoms with E-state index in [-0.39, 0.29) is 22.1 Å². The summed E-state index contributed by atoms with van der Waals surface area (Å²) >= 11 is 1.38. The van der Waals surface area contributed by atoms with Crippen LogP contribution in [0.5, 0.6) is 0 Å². The van der Waals surface area contributed by atoms with Crippen LogP contribution in [0.4, 0.5) is 0 Å². The summed E-state index contributed by atoms with van der Waals surface area (Å²) in [6, 6.07) is 3.40. The van der Waals surface area contributed by atoms with Crippen LogP contribution in [0.15, 0.2) is 28.3 Å². The molecule has 1 aliphatic carbocycles. The summed E-state index contributed by atoms with van der Waals surface area (Å²) in [5.74, 6) is 0.117. The molecule has 1 aromatic heterocycles. The van der Waals surface area contributed by atoms with E-state index in [1.54, 1.807) is 19.2 Å². The molecule has 0 N–H and O–H groups in total. The van der Waals surface area contributed by atoms with Crippen molar-refractivity contribution < 1.29 is 13.2 Å². The minimum absolute atomic E-state index is 0.0728. The van der Waals surface area contributed by atoms with Gasteiger partial charge in [0.15, 0.2) is 0 Å². The van der Waals surface area contributed by atoms with E-state index < -0.39 is 10.0 Å². The van der Waals surface area contributed by atoms with Crippen LogP contribution in [-0.4, -0.2) is 84.5 Å². The Morgan fingerprint density at radius 2 is 1.87 bits per heavy atom. The summed E-state index contributed by atoms with van der Waals surface area (Å²) in [5.41, 5.74) is 0. The lowest BCUT2D eigenvalue weighted by Gasteiger charge is -2.35. The number of carbonyl (C=O) groups excluding carboxylic acids is 1. The smallest absolute Gasteiger partial charge is 0.244 e. The van der Waals surface area contributed by atoms with Crippen molar-refractivity contribution in [1.29, 1.82) is 0 Å². The second kappa shape index (κ2) is 10.4. The van der Waals surface area contributed by atoms with Gasteiger partial charge in [-0.2, -0.15) is 4.31 Å². The van der Waals surface area contributed by atoms with E-state index in [4.69, 9.17) is 0 Å². The van der Waals surface area contributed by atoms with E-state index in [0.29, 0.717) is 5.03 Å². The van der Waals surface area contributed by atoms with Gasteiger partial charge in [0.2, 0.25) is 15.9 Å². The molecule has 0 bridgehead atoms. The van der Waals surface area contributed by atoms with Gasteiger partial charge in [-0.05, 0) is 38.4 Å². The number of amides is 1. The second-order valence-electron chi connectivity index (χ2n) is 8.16. The van der Waals surface area contributed by atoms with Gasteiger partial charge in [-0.1, -0.05) is 37.9 Å². The molecule has 168 valence electrons. The molecule has 2 heterocycles. The lowest BCUT2D eigenvalue weighted by molar-refractivity contribution is -0.132. The molecule has 9 heteroatoms. The standard InChI is InChI=1S/C21H34N4O3S2/c1-4-24-12-14-25(15-13-24)21(26)17(2)29-20-11-10-19(16-22-20)30(27,28)23(3)18-8-6-5-7-9-18/h10-11,16-18H,4-9,12-15H2,1-3H3. The van der Waals surface area contributed by atoms with Crippen molar-refractivity contribution in [3.63, 3.8) is 0 Å². The first-order chi connectivity index (χ1) is 14.3. The Morgan fingerprint density at radius 3 is 2.43 bits per heavy atom.